The number of nitrogens with zero attached hydrogens (tertiary/aromatic N) is 3. The summed E-state index contributed by atoms with van der Waals surface area (Å²) < 4.78 is 38.8. The van der Waals surface area contributed by atoms with Gasteiger partial charge in [0.15, 0.2) is 0 Å². The Morgan fingerprint density at radius 3 is 2.62 bits per heavy atom. The number of nitrogens with two attached hydrogens (primary N) is 1. The number of anilines is 1. The number of ether oxygens (including phenoxy) is 1. The quantitative estimate of drug-likeness (QED) is 0.283. The number of pyridine rings is 1. The summed E-state index contributed by atoms with van der Waals surface area (Å²) in [6, 6.07) is 8.82. The Morgan fingerprint density at radius 2 is 1.97 bits per heavy atom. The third kappa shape index (κ3) is 4.99. The summed E-state index contributed by atoms with van der Waals surface area (Å²) >= 11 is 0. The Labute approximate surface area is 187 Å². The van der Waals surface area contributed by atoms with Crippen LogP contribution >= 0.6 is 0 Å². The van der Waals surface area contributed by atoms with E-state index < -0.39 is 14.0 Å². The first kappa shape index (κ1) is 23.9. The number of para-hydroxylation sites is 1. The van der Waals surface area contributed by atoms with Crippen LogP contribution in [0.25, 0.3) is 11.0 Å². The van der Waals surface area contributed by atoms with Crippen molar-refractivity contribution >= 4 is 24.8 Å². The lowest BCUT2D eigenvalue weighted by atomic mass is 10.0. The summed E-state index contributed by atoms with van der Waals surface area (Å²) in [6.45, 7) is 12.3. The lowest BCUT2D eigenvalue weighted by Gasteiger charge is -2.18. The van der Waals surface area contributed by atoms with E-state index in [2.05, 4.69) is 31.2 Å². The third-order valence-electron chi connectivity index (χ3n) is 5.31. The number of halogens is 2. The zero-order valence-corrected chi connectivity index (χ0v) is 20.0. The molecular formula is C23H30F2N4O2Si. The predicted molar refractivity (Wildman–Crippen MR) is 127 cm³/mol. The zero-order chi connectivity index (χ0) is 23.7. The molecule has 0 atom stereocenters. The van der Waals surface area contributed by atoms with Gasteiger partial charge in [-0.2, -0.15) is 8.78 Å². The standard InChI is InChI=1S/C23H30F2N4O2Si/c1-16(2)23(24,25)17-8-6-10-19-21(17)27-20(14-28-11-7-9-18(26)22(28)30)29(19)15-31-12-13-32(3,4)5/h6-11H,1,12-15,26H2,2-5H3. The summed E-state index contributed by atoms with van der Waals surface area (Å²) in [5.74, 6) is -2.80. The van der Waals surface area contributed by atoms with Crippen LogP contribution in [0.3, 0.4) is 0 Å². The molecule has 172 valence electrons. The van der Waals surface area contributed by atoms with E-state index in [1.54, 1.807) is 29.0 Å². The predicted octanol–water partition coefficient (Wildman–Crippen LogP) is 4.81. The van der Waals surface area contributed by atoms with Gasteiger partial charge in [-0.15, -0.1) is 0 Å². The normalized spacial score (nSPS) is 12.4. The molecule has 0 unspecified atom stereocenters. The number of hydrogen-bond donors (Lipinski definition) is 1. The van der Waals surface area contributed by atoms with Crippen molar-refractivity contribution in [2.24, 2.45) is 0 Å². The van der Waals surface area contributed by atoms with Gasteiger partial charge in [0.25, 0.3) is 11.5 Å². The molecule has 0 amide bonds. The molecule has 3 aromatic rings. The molecule has 2 heterocycles. The van der Waals surface area contributed by atoms with E-state index in [0.717, 1.165) is 6.04 Å². The first-order chi connectivity index (χ1) is 14.9. The highest BCUT2D eigenvalue weighted by molar-refractivity contribution is 6.76. The average Bonchev–Trinajstić information content (AvgIpc) is 3.05. The van der Waals surface area contributed by atoms with E-state index in [9.17, 15) is 13.6 Å². The smallest absolute Gasteiger partial charge is 0.296 e. The number of allylic oxidation sites excluding steroid dienone is 1. The minimum Gasteiger partial charge on any atom is -0.394 e. The van der Waals surface area contributed by atoms with Crippen molar-refractivity contribution in [1.29, 1.82) is 0 Å². The van der Waals surface area contributed by atoms with Gasteiger partial charge in [0.05, 0.1) is 28.8 Å². The molecule has 0 radical (unpaired) electrons. The number of aromatic nitrogens is 3. The number of hydrogen-bond acceptors (Lipinski definition) is 4. The van der Waals surface area contributed by atoms with Crippen LogP contribution in [-0.4, -0.2) is 28.8 Å². The van der Waals surface area contributed by atoms with Crippen LogP contribution in [-0.2, 0) is 23.9 Å². The second kappa shape index (κ2) is 8.99. The summed E-state index contributed by atoms with van der Waals surface area (Å²) in [6.07, 6.45) is 1.60. The van der Waals surface area contributed by atoms with Gasteiger partial charge in [0.1, 0.15) is 12.6 Å². The summed E-state index contributed by atoms with van der Waals surface area (Å²) in [7, 11) is -1.29. The molecule has 0 spiro atoms. The maximum atomic E-state index is 14.9. The molecule has 9 heteroatoms. The molecule has 3 rings (SSSR count). The van der Waals surface area contributed by atoms with Gasteiger partial charge in [-0.1, -0.05) is 38.4 Å². The van der Waals surface area contributed by atoms with Crippen molar-refractivity contribution in [3.05, 3.63) is 70.4 Å². The van der Waals surface area contributed by atoms with Gasteiger partial charge in [-0.25, -0.2) is 4.98 Å². The van der Waals surface area contributed by atoms with Crippen LogP contribution in [0, 0.1) is 0 Å². The SMILES string of the molecule is C=C(C)C(F)(F)c1cccc2c1nc(Cn1cccc(N)c1=O)n2COCC[Si](C)(C)C. The van der Waals surface area contributed by atoms with E-state index in [4.69, 9.17) is 10.5 Å². The van der Waals surface area contributed by atoms with Crippen molar-refractivity contribution in [3.8, 4) is 0 Å². The van der Waals surface area contributed by atoms with Gasteiger partial charge in [0.2, 0.25) is 0 Å². The van der Waals surface area contributed by atoms with Gasteiger partial charge in [0, 0.05) is 20.9 Å². The van der Waals surface area contributed by atoms with E-state index in [1.807, 2.05) is 0 Å². The molecule has 0 bridgehead atoms. The molecule has 32 heavy (non-hydrogen) atoms. The Bertz CT molecular complexity index is 1190. The number of fused-ring (bicyclic) bond motifs is 1. The van der Waals surface area contributed by atoms with Gasteiger partial charge in [-0.3, -0.25) is 4.79 Å². The fraction of sp³-hybridized carbons (Fsp3) is 0.391. The Morgan fingerprint density at radius 1 is 1.25 bits per heavy atom. The first-order valence-corrected chi connectivity index (χ1v) is 14.2. The number of alkyl halides is 2. The van der Waals surface area contributed by atoms with Gasteiger partial charge < -0.3 is 19.6 Å². The second-order valence-electron chi connectivity index (χ2n) is 9.23. The number of nitrogen functional groups attached to an aromatic ring is 1. The van der Waals surface area contributed by atoms with Crippen LogP contribution in [0.4, 0.5) is 14.5 Å². The minimum atomic E-state index is -3.23. The van der Waals surface area contributed by atoms with Crippen LogP contribution in [0.2, 0.25) is 25.7 Å². The molecule has 0 saturated heterocycles. The van der Waals surface area contributed by atoms with Crippen molar-refractivity contribution < 1.29 is 13.5 Å². The number of imidazole rings is 1. The molecule has 0 fully saturated rings. The largest absolute Gasteiger partial charge is 0.394 e. The molecule has 2 N–H and O–H groups in total. The van der Waals surface area contributed by atoms with Crippen molar-refractivity contribution in [1.82, 2.24) is 14.1 Å². The molecule has 0 aliphatic heterocycles. The van der Waals surface area contributed by atoms with Crippen molar-refractivity contribution in [3.63, 3.8) is 0 Å². The molecule has 0 saturated carbocycles. The average molecular weight is 461 g/mol. The zero-order valence-electron chi connectivity index (χ0n) is 19.0. The van der Waals surface area contributed by atoms with E-state index >= 15 is 0 Å². The first-order valence-electron chi connectivity index (χ1n) is 10.5. The van der Waals surface area contributed by atoms with Crippen molar-refractivity contribution in [2.45, 2.75) is 51.8 Å². The molecule has 1 aromatic carbocycles. The lowest BCUT2D eigenvalue weighted by molar-refractivity contribution is 0.0400. The van der Waals surface area contributed by atoms with Crippen LogP contribution in [0.15, 0.2) is 53.5 Å². The lowest BCUT2D eigenvalue weighted by Crippen LogP contribution is -2.24. The molecule has 6 nitrogen and oxygen atoms in total. The monoisotopic (exact) mass is 460 g/mol. The number of rotatable bonds is 9. The highest BCUT2D eigenvalue weighted by Gasteiger charge is 2.35. The molecule has 0 aliphatic carbocycles. The van der Waals surface area contributed by atoms with Crippen LogP contribution in [0.5, 0.6) is 0 Å². The fourth-order valence-corrected chi connectivity index (χ4v) is 4.07. The Balaban J connectivity index is 2.08. The third-order valence-corrected chi connectivity index (χ3v) is 7.01. The molecule has 0 aliphatic rings. The maximum Gasteiger partial charge on any atom is 0.296 e. The van der Waals surface area contributed by atoms with E-state index in [0.29, 0.717) is 17.9 Å². The fourth-order valence-electron chi connectivity index (χ4n) is 3.31. The van der Waals surface area contributed by atoms with Gasteiger partial charge in [-0.05, 0) is 36.7 Å². The Hall–Kier alpha value is -2.78. The topological polar surface area (TPSA) is 75.1 Å². The van der Waals surface area contributed by atoms with E-state index in [1.165, 1.54) is 23.6 Å². The second-order valence-corrected chi connectivity index (χ2v) is 14.9. The van der Waals surface area contributed by atoms with Gasteiger partial charge >= 0.3 is 0 Å². The van der Waals surface area contributed by atoms with Crippen LogP contribution < -0.4 is 11.3 Å². The van der Waals surface area contributed by atoms with E-state index in [-0.39, 0.29) is 41.2 Å². The minimum absolute atomic E-state index is 0.0774. The summed E-state index contributed by atoms with van der Waals surface area (Å²) in [5, 5.41) is 0. The molecule has 2 aromatic heterocycles. The molecular weight excluding hydrogens is 430 g/mol. The van der Waals surface area contributed by atoms with Crippen molar-refractivity contribution in [2.75, 3.05) is 12.3 Å². The summed E-state index contributed by atoms with van der Waals surface area (Å²) in [4.78, 5) is 17.0. The maximum absolute atomic E-state index is 14.9. The van der Waals surface area contributed by atoms with Crippen LogP contribution in [0.1, 0.15) is 18.3 Å². The summed E-state index contributed by atoms with van der Waals surface area (Å²) in [5.41, 5.74) is 5.70. The Kier molecular flexibility index (Phi) is 6.71. The highest BCUT2D eigenvalue weighted by atomic mass is 28.3. The number of benzene rings is 1. The highest BCUT2D eigenvalue weighted by Crippen LogP contribution is 2.38.